The molecule has 0 saturated carbocycles. The minimum atomic E-state index is -0.574. The second-order valence-corrected chi connectivity index (χ2v) is 9.41. The lowest BCUT2D eigenvalue weighted by atomic mass is 9.84. The SMILES string of the molecule is NCC1CN(Cc2ccc3c(c2)CN(C2CCC(=O)NC2=O)C3=O)C2(CCOCC2)C1. The Labute approximate surface area is 182 Å². The summed E-state index contributed by atoms with van der Waals surface area (Å²) in [5, 5.41) is 2.36. The summed E-state index contributed by atoms with van der Waals surface area (Å²) in [4.78, 5) is 40.8. The molecule has 2 atom stereocenters. The van der Waals surface area contributed by atoms with Gasteiger partial charge >= 0.3 is 0 Å². The van der Waals surface area contributed by atoms with Gasteiger partial charge in [-0.1, -0.05) is 12.1 Å². The number of ether oxygens (including phenoxy) is 1. The van der Waals surface area contributed by atoms with Crippen molar-refractivity contribution in [2.45, 2.75) is 56.8 Å². The maximum atomic E-state index is 12.9. The van der Waals surface area contributed by atoms with Crippen LogP contribution >= 0.6 is 0 Å². The lowest BCUT2D eigenvalue weighted by Gasteiger charge is -2.41. The number of rotatable bonds is 4. The summed E-state index contributed by atoms with van der Waals surface area (Å²) in [7, 11) is 0. The molecule has 4 aliphatic heterocycles. The van der Waals surface area contributed by atoms with E-state index in [1.165, 1.54) is 5.56 Å². The zero-order valence-electron chi connectivity index (χ0n) is 17.8. The molecule has 2 unspecified atom stereocenters. The number of carbonyl (C=O) groups excluding carboxylic acids is 3. The Kier molecular flexibility index (Phi) is 5.32. The van der Waals surface area contributed by atoms with Crippen molar-refractivity contribution in [1.82, 2.24) is 15.1 Å². The molecule has 166 valence electrons. The summed E-state index contributed by atoms with van der Waals surface area (Å²) in [5.41, 5.74) is 8.99. The molecule has 5 rings (SSSR count). The fourth-order valence-corrected chi connectivity index (χ4v) is 5.84. The first-order valence-corrected chi connectivity index (χ1v) is 11.3. The van der Waals surface area contributed by atoms with Crippen LogP contribution in [0.2, 0.25) is 0 Å². The summed E-state index contributed by atoms with van der Waals surface area (Å²) < 4.78 is 5.63. The zero-order chi connectivity index (χ0) is 21.6. The maximum absolute atomic E-state index is 12.9. The second-order valence-electron chi connectivity index (χ2n) is 9.41. The third kappa shape index (κ3) is 3.66. The van der Waals surface area contributed by atoms with Crippen molar-refractivity contribution in [2.75, 3.05) is 26.3 Å². The summed E-state index contributed by atoms with van der Waals surface area (Å²) in [5.74, 6) is -0.251. The average molecular weight is 427 g/mol. The van der Waals surface area contributed by atoms with E-state index in [1.54, 1.807) is 4.90 Å². The van der Waals surface area contributed by atoms with Crippen molar-refractivity contribution in [3.8, 4) is 0 Å². The summed E-state index contributed by atoms with van der Waals surface area (Å²) in [6.07, 6.45) is 3.85. The van der Waals surface area contributed by atoms with Gasteiger partial charge in [-0.15, -0.1) is 0 Å². The molecule has 4 aliphatic rings. The van der Waals surface area contributed by atoms with Gasteiger partial charge in [0.2, 0.25) is 11.8 Å². The Hall–Kier alpha value is -2.29. The number of nitrogens with one attached hydrogen (secondary N) is 1. The van der Waals surface area contributed by atoms with E-state index in [2.05, 4.69) is 16.3 Å². The topological polar surface area (TPSA) is 105 Å². The van der Waals surface area contributed by atoms with Gasteiger partial charge in [0, 0.05) is 50.4 Å². The number of hydrogen-bond acceptors (Lipinski definition) is 6. The molecule has 8 nitrogen and oxygen atoms in total. The number of hydrogen-bond donors (Lipinski definition) is 2. The molecule has 3 fully saturated rings. The first-order chi connectivity index (χ1) is 15.0. The predicted octanol–water partition coefficient (Wildman–Crippen LogP) is 0.777. The first-order valence-electron chi connectivity index (χ1n) is 11.3. The molecule has 0 aromatic heterocycles. The molecule has 0 bridgehead atoms. The van der Waals surface area contributed by atoms with Crippen molar-refractivity contribution in [2.24, 2.45) is 11.7 Å². The monoisotopic (exact) mass is 426 g/mol. The van der Waals surface area contributed by atoms with E-state index >= 15 is 0 Å². The van der Waals surface area contributed by atoms with Crippen LogP contribution in [-0.2, 0) is 27.4 Å². The van der Waals surface area contributed by atoms with E-state index in [0.717, 1.165) is 51.1 Å². The minimum Gasteiger partial charge on any atom is -0.381 e. The largest absolute Gasteiger partial charge is 0.381 e. The molecule has 3 N–H and O–H groups in total. The number of piperidine rings is 1. The molecule has 1 aromatic rings. The zero-order valence-corrected chi connectivity index (χ0v) is 17.8. The van der Waals surface area contributed by atoms with Crippen molar-refractivity contribution >= 4 is 17.7 Å². The third-order valence-electron chi connectivity index (χ3n) is 7.54. The number of fused-ring (bicyclic) bond motifs is 1. The van der Waals surface area contributed by atoms with Gasteiger partial charge in [-0.25, -0.2) is 0 Å². The predicted molar refractivity (Wildman–Crippen MR) is 113 cm³/mol. The fourth-order valence-electron chi connectivity index (χ4n) is 5.84. The quantitative estimate of drug-likeness (QED) is 0.690. The number of likely N-dealkylation sites (tertiary alicyclic amines) is 1. The number of carbonyl (C=O) groups is 3. The fraction of sp³-hybridized carbons (Fsp3) is 0.609. The van der Waals surface area contributed by atoms with Crippen LogP contribution in [0.5, 0.6) is 0 Å². The molecule has 3 saturated heterocycles. The Balaban J connectivity index is 1.33. The number of amides is 3. The lowest BCUT2D eigenvalue weighted by molar-refractivity contribution is -0.136. The molecule has 8 heteroatoms. The molecule has 0 aliphatic carbocycles. The lowest BCUT2D eigenvalue weighted by Crippen LogP contribution is -2.52. The first kappa shape index (κ1) is 20.6. The van der Waals surface area contributed by atoms with E-state index in [0.29, 0.717) is 31.0 Å². The molecule has 4 heterocycles. The van der Waals surface area contributed by atoms with Crippen LogP contribution in [0.15, 0.2) is 18.2 Å². The van der Waals surface area contributed by atoms with Crippen LogP contribution in [0, 0.1) is 5.92 Å². The van der Waals surface area contributed by atoms with Gasteiger partial charge in [0.1, 0.15) is 6.04 Å². The van der Waals surface area contributed by atoms with E-state index < -0.39 is 6.04 Å². The van der Waals surface area contributed by atoms with Crippen LogP contribution in [0.4, 0.5) is 0 Å². The van der Waals surface area contributed by atoms with Crippen LogP contribution in [-0.4, -0.2) is 65.4 Å². The highest BCUT2D eigenvalue weighted by atomic mass is 16.5. The highest BCUT2D eigenvalue weighted by Crippen LogP contribution is 2.41. The Morgan fingerprint density at radius 3 is 2.74 bits per heavy atom. The molecule has 0 radical (unpaired) electrons. The minimum absolute atomic E-state index is 0.124. The van der Waals surface area contributed by atoms with Crippen molar-refractivity contribution in [1.29, 1.82) is 0 Å². The summed E-state index contributed by atoms with van der Waals surface area (Å²) >= 11 is 0. The maximum Gasteiger partial charge on any atom is 0.255 e. The number of nitrogens with two attached hydrogens (primary N) is 1. The molecule has 1 aromatic carbocycles. The number of benzene rings is 1. The van der Waals surface area contributed by atoms with Gasteiger partial charge in [0.25, 0.3) is 5.91 Å². The van der Waals surface area contributed by atoms with Crippen molar-refractivity contribution < 1.29 is 19.1 Å². The standard InChI is InChI=1S/C23H30N4O4/c24-11-16-10-23(5-7-31-8-6-23)26(13-16)12-15-1-2-18-17(9-15)14-27(22(18)30)19-3-4-20(28)25-21(19)29/h1-2,9,16,19H,3-8,10-14,24H2,(H,25,28,29). The summed E-state index contributed by atoms with van der Waals surface area (Å²) in [6, 6.07) is 5.47. The number of imide groups is 1. The number of nitrogens with zero attached hydrogens (tertiary/aromatic N) is 2. The highest BCUT2D eigenvalue weighted by molar-refractivity contribution is 6.05. The smallest absolute Gasteiger partial charge is 0.255 e. The van der Waals surface area contributed by atoms with Gasteiger partial charge in [0.15, 0.2) is 0 Å². The molecule has 31 heavy (non-hydrogen) atoms. The molecule has 1 spiro atoms. The van der Waals surface area contributed by atoms with Crippen molar-refractivity contribution in [3.63, 3.8) is 0 Å². The van der Waals surface area contributed by atoms with Gasteiger partial charge in [-0.3, -0.25) is 24.6 Å². The van der Waals surface area contributed by atoms with E-state index in [-0.39, 0.29) is 29.7 Å². The van der Waals surface area contributed by atoms with Gasteiger partial charge in [-0.2, -0.15) is 0 Å². The van der Waals surface area contributed by atoms with E-state index in [4.69, 9.17) is 10.5 Å². The highest BCUT2D eigenvalue weighted by Gasteiger charge is 2.46. The molecular weight excluding hydrogens is 396 g/mol. The van der Waals surface area contributed by atoms with Crippen molar-refractivity contribution in [3.05, 3.63) is 34.9 Å². The van der Waals surface area contributed by atoms with Crippen LogP contribution in [0.25, 0.3) is 0 Å². The van der Waals surface area contributed by atoms with E-state index in [9.17, 15) is 14.4 Å². The van der Waals surface area contributed by atoms with Crippen LogP contribution in [0.3, 0.4) is 0 Å². The van der Waals surface area contributed by atoms with Gasteiger partial charge < -0.3 is 15.4 Å². The second kappa shape index (κ2) is 8.00. The normalized spacial score (nSPS) is 28.3. The van der Waals surface area contributed by atoms with Crippen LogP contribution < -0.4 is 11.1 Å². The molecule has 3 amide bonds. The average Bonchev–Trinajstić information content (AvgIpc) is 3.26. The van der Waals surface area contributed by atoms with E-state index in [1.807, 2.05) is 12.1 Å². The van der Waals surface area contributed by atoms with Gasteiger partial charge in [-0.05, 0) is 55.3 Å². The molecular formula is C23H30N4O4. The van der Waals surface area contributed by atoms with Crippen LogP contribution in [0.1, 0.15) is 53.6 Å². The summed E-state index contributed by atoms with van der Waals surface area (Å²) in [6.45, 7) is 4.55. The third-order valence-corrected chi connectivity index (χ3v) is 7.54. The Morgan fingerprint density at radius 2 is 2.00 bits per heavy atom. The van der Waals surface area contributed by atoms with Gasteiger partial charge in [0.05, 0.1) is 0 Å². The Morgan fingerprint density at radius 1 is 1.19 bits per heavy atom. The Bertz CT molecular complexity index is 911.